The molecule has 0 bridgehead atoms. The van der Waals surface area contributed by atoms with Crippen molar-refractivity contribution in [3.05, 3.63) is 11.6 Å². The van der Waals surface area contributed by atoms with Gasteiger partial charge in [0.1, 0.15) is 0 Å². The highest BCUT2D eigenvalue weighted by Gasteiger charge is 2.29. The van der Waals surface area contributed by atoms with Crippen LogP contribution in [0.5, 0.6) is 0 Å². The number of aliphatic carboxylic acids is 1. The van der Waals surface area contributed by atoms with Crippen LogP contribution in [0.4, 0.5) is 0 Å². The lowest BCUT2D eigenvalue weighted by molar-refractivity contribution is -0.134. The number of carbonyl (C=O) groups is 1. The molecule has 0 radical (unpaired) electrons. The third kappa shape index (κ3) is 2.54. The average Bonchev–Trinajstić information content (AvgIpc) is 2.16. The van der Waals surface area contributed by atoms with E-state index in [0.717, 1.165) is 0 Å². The number of hydrogen-bond donors (Lipinski definition) is 3. The SMILES string of the molecule is CO[C@H]1C=C(C(=O)O)CC(C(O)O)C1. The first kappa shape index (κ1) is 11.2. The maximum absolute atomic E-state index is 10.7. The Kier molecular flexibility index (Phi) is 3.62. The number of hydrogen-bond acceptors (Lipinski definition) is 4. The van der Waals surface area contributed by atoms with Crippen molar-refractivity contribution in [3.8, 4) is 0 Å². The third-order valence-electron chi connectivity index (χ3n) is 2.40. The van der Waals surface area contributed by atoms with Crippen molar-refractivity contribution >= 4 is 5.97 Å². The number of aliphatic hydroxyl groups excluding tert-OH is 1. The number of rotatable bonds is 3. The second-order valence-corrected chi connectivity index (χ2v) is 3.38. The molecule has 5 nitrogen and oxygen atoms in total. The van der Waals surface area contributed by atoms with Crippen molar-refractivity contribution in [1.29, 1.82) is 0 Å². The van der Waals surface area contributed by atoms with E-state index < -0.39 is 18.2 Å². The van der Waals surface area contributed by atoms with Gasteiger partial charge in [-0.25, -0.2) is 4.79 Å². The molecule has 0 aromatic carbocycles. The molecule has 5 heteroatoms. The van der Waals surface area contributed by atoms with Crippen molar-refractivity contribution in [2.45, 2.75) is 25.2 Å². The largest absolute Gasteiger partial charge is 0.478 e. The van der Waals surface area contributed by atoms with Gasteiger partial charge in [-0.2, -0.15) is 0 Å². The zero-order valence-electron chi connectivity index (χ0n) is 7.88. The van der Waals surface area contributed by atoms with Crippen molar-refractivity contribution in [2.75, 3.05) is 7.11 Å². The van der Waals surface area contributed by atoms with Crippen LogP contribution >= 0.6 is 0 Å². The van der Waals surface area contributed by atoms with Crippen LogP contribution in [0.15, 0.2) is 11.6 Å². The Morgan fingerprint density at radius 1 is 1.64 bits per heavy atom. The van der Waals surface area contributed by atoms with Crippen LogP contribution in [0.2, 0.25) is 0 Å². The molecule has 0 heterocycles. The predicted molar refractivity (Wildman–Crippen MR) is 47.5 cm³/mol. The van der Waals surface area contributed by atoms with Crippen molar-refractivity contribution in [2.24, 2.45) is 5.92 Å². The Hall–Kier alpha value is -0.910. The van der Waals surface area contributed by atoms with Gasteiger partial charge in [-0.15, -0.1) is 0 Å². The van der Waals surface area contributed by atoms with Crippen LogP contribution in [0, 0.1) is 5.92 Å². The monoisotopic (exact) mass is 202 g/mol. The maximum Gasteiger partial charge on any atom is 0.331 e. The maximum atomic E-state index is 10.7. The summed E-state index contributed by atoms with van der Waals surface area (Å²) in [6.07, 6.45) is 0.288. The summed E-state index contributed by atoms with van der Waals surface area (Å²) in [5, 5.41) is 26.7. The van der Waals surface area contributed by atoms with Gasteiger partial charge in [-0.05, 0) is 18.9 Å². The summed E-state index contributed by atoms with van der Waals surface area (Å²) >= 11 is 0. The Morgan fingerprint density at radius 3 is 2.71 bits per heavy atom. The minimum atomic E-state index is -1.49. The molecule has 1 unspecified atom stereocenters. The first-order valence-electron chi connectivity index (χ1n) is 4.37. The number of carboxylic acid groups (broad SMARTS) is 1. The lowest BCUT2D eigenvalue weighted by Gasteiger charge is -2.27. The minimum Gasteiger partial charge on any atom is -0.478 e. The summed E-state index contributed by atoms with van der Waals surface area (Å²) in [7, 11) is 1.47. The fraction of sp³-hybridized carbons (Fsp3) is 0.667. The Labute approximate surface area is 81.6 Å². The van der Waals surface area contributed by atoms with Crippen LogP contribution in [0.1, 0.15) is 12.8 Å². The van der Waals surface area contributed by atoms with Crippen LogP contribution in [-0.2, 0) is 9.53 Å². The van der Waals surface area contributed by atoms with Gasteiger partial charge in [0.25, 0.3) is 0 Å². The highest BCUT2D eigenvalue weighted by molar-refractivity contribution is 5.86. The van der Waals surface area contributed by atoms with Gasteiger partial charge in [0.15, 0.2) is 6.29 Å². The van der Waals surface area contributed by atoms with E-state index in [1.54, 1.807) is 0 Å². The Balaban J connectivity index is 2.76. The van der Waals surface area contributed by atoms with E-state index in [1.807, 2.05) is 0 Å². The van der Waals surface area contributed by atoms with Crippen molar-refractivity contribution in [1.82, 2.24) is 0 Å². The molecule has 0 aromatic heterocycles. The van der Waals surface area contributed by atoms with Gasteiger partial charge in [-0.1, -0.05) is 0 Å². The molecule has 3 N–H and O–H groups in total. The smallest absolute Gasteiger partial charge is 0.331 e. The number of ether oxygens (including phenoxy) is 1. The van der Waals surface area contributed by atoms with Crippen LogP contribution < -0.4 is 0 Å². The summed E-state index contributed by atoms with van der Waals surface area (Å²) in [4.78, 5) is 10.7. The van der Waals surface area contributed by atoms with Gasteiger partial charge >= 0.3 is 5.97 Å². The van der Waals surface area contributed by atoms with E-state index in [-0.39, 0.29) is 18.1 Å². The summed E-state index contributed by atoms with van der Waals surface area (Å²) in [5.41, 5.74) is 0.182. The van der Waals surface area contributed by atoms with Crippen LogP contribution in [0.3, 0.4) is 0 Å². The fourth-order valence-corrected chi connectivity index (χ4v) is 1.57. The Bertz CT molecular complexity index is 246. The van der Waals surface area contributed by atoms with E-state index in [0.29, 0.717) is 6.42 Å². The van der Waals surface area contributed by atoms with E-state index in [1.165, 1.54) is 13.2 Å². The molecule has 14 heavy (non-hydrogen) atoms. The first-order valence-corrected chi connectivity index (χ1v) is 4.37. The van der Waals surface area contributed by atoms with Gasteiger partial charge in [0, 0.05) is 18.6 Å². The van der Waals surface area contributed by atoms with E-state index in [2.05, 4.69) is 0 Å². The molecule has 1 rings (SSSR count). The molecule has 0 amide bonds. The van der Waals surface area contributed by atoms with Gasteiger partial charge in [-0.3, -0.25) is 0 Å². The number of aliphatic hydroxyl groups is 2. The zero-order chi connectivity index (χ0) is 10.7. The molecule has 1 aliphatic carbocycles. The molecule has 0 spiro atoms. The topological polar surface area (TPSA) is 87.0 Å². The van der Waals surface area contributed by atoms with Crippen LogP contribution in [-0.4, -0.2) is 40.8 Å². The van der Waals surface area contributed by atoms with Gasteiger partial charge in [0.05, 0.1) is 6.10 Å². The zero-order valence-corrected chi connectivity index (χ0v) is 7.88. The molecular weight excluding hydrogens is 188 g/mol. The molecule has 0 fully saturated rings. The summed E-state index contributed by atoms with van der Waals surface area (Å²) in [6, 6.07) is 0. The van der Waals surface area contributed by atoms with Crippen molar-refractivity contribution < 1.29 is 24.9 Å². The molecule has 0 aliphatic heterocycles. The normalized spacial score (nSPS) is 27.6. The summed E-state index contributed by atoms with van der Waals surface area (Å²) in [6.45, 7) is 0. The average molecular weight is 202 g/mol. The van der Waals surface area contributed by atoms with Gasteiger partial charge in [0.2, 0.25) is 0 Å². The lowest BCUT2D eigenvalue weighted by Crippen LogP contribution is -2.30. The predicted octanol–water partition coefficient (Wildman–Crippen LogP) is -0.267. The van der Waals surface area contributed by atoms with Crippen molar-refractivity contribution in [3.63, 3.8) is 0 Å². The van der Waals surface area contributed by atoms with Crippen LogP contribution in [0.25, 0.3) is 0 Å². The second-order valence-electron chi connectivity index (χ2n) is 3.38. The molecule has 80 valence electrons. The summed E-state index contributed by atoms with van der Waals surface area (Å²) in [5.74, 6) is -1.49. The minimum absolute atomic E-state index is 0.173. The quantitative estimate of drug-likeness (QED) is 0.548. The highest BCUT2D eigenvalue weighted by Crippen LogP contribution is 2.27. The van der Waals surface area contributed by atoms with E-state index >= 15 is 0 Å². The third-order valence-corrected chi connectivity index (χ3v) is 2.40. The lowest BCUT2D eigenvalue weighted by atomic mass is 9.86. The molecule has 0 saturated carbocycles. The van der Waals surface area contributed by atoms with Gasteiger partial charge < -0.3 is 20.1 Å². The molecule has 0 saturated heterocycles. The first-order chi connectivity index (χ1) is 6.54. The molecule has 0 aromatic rings. The fourth-order valence-electron chi connectivity index (χ4n) is 1.57. The van der Waals surface area contributed by atoms with E-state index in [9.17, 15) is 4.79 Å². The van der Waals surface area contributed by atoms with E-state index in [4.69, 9.17) is 20.1 Å². The number of carboxylic acids is 1. The molecular formula is C9H14O5. The summed E-state index contributed by atoms with van der Waals surface area (Å²) < 4.78 is 4.99. The number of methoxy groups -OCH3 is 1. The standard InChI is InChI=1S/C9H14O5/c1-14-7-3-5(8(10)11)2-6(4-7)9(12)13/h3,6-7,9,12-13H,2,4H2,1H3,(H,10,11)/t6?,7-/m0/s1. The Morgan fingerprint density at radius 2 is 2.29 bits per heavy atom. The molecule has 1 aliphatic rings. The second kappa shape index (κ2) is 4.54. The molecule has 2 atom stereocenters. The highest BCUT2D eigenvalue weighted by atomic mass is 16.5.